The molecule has 12 heteroatoms. The number of anilines is 1. The molecule has 2 N–H and O–H groups in total. The van der Waals surface area contributed by atoms with Crippen LogP contribution in [0.3, 0.4) is 0 Å². The van der Waals surface area contributed by atoms with Gasteiger partial charge in [0.05, 0.1) is 29.4 Å². The van der Waals surface area contributed by atoms with Gasteiger partial charge in [-0.2, -0.15) is 13.1 Å². The molecule has 0 saturated carbocycles. The fourth-order valence-corrected chi connectivity index (χ4v) is 4.91. The van der Waals surface area contributed by atoms with Crippen molar-refractivity contribution in [3.05, 3.63) is 64.4 Å². The summed E-state index contributed by atoms with van der Waals surface area (Å²) in [6.07, 6.45) is 0. The fourth-order valence-electron chi connectivity index (χ4n) is 3.48. The number of hydrogen-bond donors (Lipinski definition) is 2. The summed E-state index contributed by atoms with van der Waals surface area (Å²) in [5.74, 6) is -1.05. The van der Waals surface area contributed by atoms with E-state index in [0.717, 1.165) is 6.07 Å². The number of H-pyrrole nitrogens is 1. The number of nitrogens with zero attached hydrogens (tertiary/aromatic N) is 1. The zero-order valence-corrected chi connectivity index (χ0v) is 17.9. The van der Waals surface area contributed by atoms with Gasteiger partial charge in [0.25, 0.3) is 5.91 Å². The molecular formula is C21H19F2N3O6S. The van der Waals surface area contributed by atoms with Gasteiger partial charge in [-0.1, -0.05) is 12.1 Å². The molecule has 1 saturated heterocycles. The number of benzene rings is 2. The van der Waals surface area contributed by atoms with Gasteiger partial charge in [-0.15, -0.1) is 0 Å². The number of morpholine rings is 1. The molecule has 1 aliphatic rings. The molecule has 4 rings (SSSR count). The van der Waals surface area contributed by atoms with E-state index in [4.69, 9.17) is 4.74 Å². The van der Waals surface area contributed by atoms with E-state index < -0.39 is 28.1 Å². The van der Waals surface area contributed by atoms with E-state index in [-0.39, 0.29) is 59.1 Å². The van der Waals surface area contributed by atoms with Crippen molar-refractivity contribution in [2.45, 2.75) is 11.5 Å². The molecule has 0 atom stereocenters. The average molecular weight is 479 g/mol. The molecule has 1 aliphatic heterocycles. The Bertz CT molecular complexity index is 1350. The number of pyridine rings is 1. The first-order valence-electron chi connectivity index (χ1n) is 9.86. The van der Waals surface area contributed by atoms with Gasteiger partial charge in [-0.05, 0) is 30.3 Å². The Kier molecular flexibility index (Phi) is 6.40. The Morgan fingerprint density at radius 3 is 2.58 bits per heavy atom. The number of aromatic amines is 1. The van der Waals surface area contributed by atoms with Gasteiger partial charge in [0.2, 0.25) is 15.6 Å². The Balaban J connectivity index is 1.74. The number of fused-ring (bicyclic) bond motifs is 1. The first kappa shape index (κ1) is 22.8. The highest BCUT2D eigenvalue weighted by Crippen LogP contribution is 2.28. The molecular weight excluding hydrogens is 460 g/mol. The number of amides is 1. The molecule has 2 aromatic carbocycles. The van der Waals surface area contributed by atoms with Gasteiger partial charge in [-0.25, -0.2) is 8.42 Å². The summed E-state index contributed by atoms with van der Waals surface area (Å²) in [6, 6.07) is 10.6. The molecule has 174 valence electrons. The molecule has 0 unspecified atom stereocenters. The summed E-state index contributed by atoms with van der Waals surface area (Å²) in [6.45, 7) is -2.17. The largest absolute Gasteiger partial charge is 0.433 e. The molecule has 0 bridgehead atoms. The molecule has 0 aliphatic carbocycles. The number of alkyl halides is 2. The van der Waals surface area contributed by atoms with Crippen LogP contribution in [-0.2, 0) is 14.8 Å². The number of carbonyl (C=O) groups is 1. The first-order valence-corrected chi connectivity index (χ1v) is 11.3. The van der Waals surface area contributed by atoms with Gasteiger partial charge in [-0.3, -0.25) is 9.59 Å². The van der Waals surface area contributed by atoms with Crippen LogP contribution in [0.4, 0.5) is 14.5 Å². The number of aromatic nitrogens is 1. The van der Waals surface area contributed by atoms with Crippen molar-refractivity contribution in [1.29, 1.82) is 0 Å². The Labute approximate surface area is 187 Å². The lowest BCUT2D eigenvalue weighted by atomic mass is 10.1. The minimum Gasteiger partial charge on any atom is -0.433 e. The maximum Gasteiger partial charge on any atom is 0.387 e. The van der Waals surface area contributed by atoms with Gasteiger partial charge in [0, 0.05) is 30.1 Å². The van der Waals surface area contributed by atoms with E-state index in [1.807, 2.05) is 0 Å². The number of sulfonamides is 1. The lowest BCUT2D eigenvalue weighted by Gasteiger charge is -2.26. The van der Waals surface area contributed by atoms with Crippen LogP contribution in [0.15, 0.2) is 58.2 Å². The quantitative estimate of drug-likeness (QED) is 0.561. The van der Waals surface area contributed by atoms with Crippen LogP contribution in [0, 0.1) is 0 Å². The smallest absolute Gasteiger partial charge is 0.387 e. The molecule has 33 heavy (non-hydrogen) atoms. The molecule has 3 aromatic rings. The summed E-state index contributed by atoms with van der Waals surface area (Å²) in [7, 11) is -3.86. The minimum absolute atomic E-state index is 0.0340. The maximum atomic E-state index is 13.0. The number of nitrogens with one attached hydrogen (secondary N) is 2. The minimum atomic E-state index is -3.86. The Morgan fingerprint density at radius 2 is 1.85 bits per heavy atom. The van der Waals surface area contributed by atoms with Crippen molar-refractivity contribution >= 4 is 32.5 Å². The van der Waals surface area contributed by atoms with Crippen LogP contribution in [-0.4, -0.2) is 56.5 Å². The predicted octanol–water partition coefficient (Wildman–Crippen LogP) is 2.40. The lowest BCUT2D eigenvalue weighted by Crippen LogP contribution is -2.40. The fraction of sp³-hybridized carbons (Fsp3) is 0.238. The summed E-state index contributed by atoms with van der Waals surface area (Å²) in [4.78, 5) is 27.6. The second kappa shape index (κ2) is 9.25. The zero-order chi connectivity index (χ0) is 23.6. The van der Waals surface area contributed by atoms with E-state index in [1.54, 1.807) is 0 Å². The summed E-state index contributed by atoms with van der Waals surface area (Å²) in [5.41, 5.74) is -0.507. The Morgan fingerprint density at radius 1 is 1.12 bits per heavy atom. The molecule has 9 nitrogen and oxygen atoms in total. The van der Waals surface area contributed by atoms with Crippen molar-refractivity contribution in [3.63, 3.8) is 0 Å². The summed E-state index contributed by atoms with van der Waals surface area (Å²) in [5, 5.41) is 2.62. The first-order chi connectivity index (χ1) is 15.8. The van der Waals surface area contributed by atoms with Crippen LogP contribution in [0.25, 0.3) is 10.9 Å². The summed E-state index contributed by atoms with van der Waals surface area (Å²) < 4.78 is 62.3. The highest BCUT2D eigenvalue weighted by Gasteiger charge is 2.27. The number of halogens is 2. The summed E-state index contributed by atoms with van der Waals surface area (Å²) >= 11 is 0. The van der Waals surface area contributed by atoms with Gasteiger partial charge < -0.3 is 19.8 Å². The molecule has 1 fully saturated rings. The highest BCUT2D eigenvalue weighted by atomic mass is 32.2. The van der Waals surface area contributed by atoms with Crippen LogP contribution < -0.4 is 15.6 Å². The van der Waals surface area contributed by atoms with Crippen LogP contribution in [0.5, 0.6) is 5.75 Å². The monoisotopic (exact) mass is 479 g/mol. The van der Waals surface area contributed by atoms with Crippen LogP contribution in [0.1, 0.15) is 10.4 Å². The van der Waals surface area contributed by atoms with E-state index >= 15 is 0 Å². The standard InChI is InChI=1S/C21H19F2N3O6S/c22-21(23)32-18-4-2-1-3-17(18)25-20(28)15-12-19(27)24-16-6-5-13(11-14(15)16)33(29,30)26-7-9-31-10-8-26/h1-6,11-12,21H,7-10H2,(H,24,27)(H,25,28). The lowest BCUT2D eigenvalue weighted by molar-refractivity contribution is -0.0493. The average Bonchev–Trinajstić information content (AvgIpc) is 2.79. The second-order valence-electron chi connectivity index (χ2n) is 7.10. The van der Waals surface area contributed by atoms with E-state index in [2.05, 4.69) is 15.0 Å². The number of para-hydroxylation sites is 2. The zero-order valence-electron chi connectivity index (χ0n) is 17.1. The van der Waals surface area contributed by atoms with E-state index in [9.17, 15) is 26.8 Å². The van der Waals surface area contributed by atoms with E-state index in [0.29, 0.717) is 0 Å². The number of hydrogen-bond acceptors (Lipinski definition) is 6. The third-order valence-electron chi connectivity index (χ3n) is 5.02. The third-order valence-corrected chi connectivity index (χ3v) is 6.91. The number of ether oxygens (including phenoxy) is 2. The topological polar surface area (TPSA) is 118 Å². The van der Waals surface area contributed by atoms with Crippen molar-refractivity contribution < 1.29 is 31.5 Å². The van der Waals surface area contributed by atoms with Crippen LogP contribution in [0.2, 0.25) is 0 Å². The normalized spacial score (nSPS) is 15.0. The van der Waals surface area contributed by atoms with Gasteiger partial charge >= 0.3 is 6.61 Å². The number of carbonyl (C=O) groups excluding carboxylic acids is 1. The third kappa shape index (κ3) is 4.87. The van der Waals surface area contributed by atoms with Crippen LogP contribution >= 0.6 is 0 Å². The van der Waals surface area contributed by atoms with Gasteiger partial charge in [0.15, 0.2) is 0 Å². The SMILES string of the molecule is O=C(Nc1ccccc1OC(F)F)c1cc(=O)[nH]c2ccc(S(=O)(=O)N3CCOCC3)cc12. The highest BCUT2D eigenvalue weighted by molar-refractivity contribution is 7.89. The maximum absolute atomic E-state index is 13.0. The van der Waals surface area contributed by atoms with Crippen molar-refractivity contribution in [2.75, 3.05) is 31.6 Å². The molecule has 2 heterocycles. The molecule has 0 spiro atoms. The van der Waals surface area contributed by atoms with Crippen molar-refractivity contribution in [1.82, 2.24) is 9.29 Å². The predicted molar refractivity (Wildman–Crippen MR) is 115 cm³/mol. The molecule has 0 radical (unpaired) electrons. The second-order valence-corrected chi connectivity index (χ2v) is 9.04. The van der Waals surface area contributed by atoms with Gasteiger partial charge in [0.1, 0.15) is 5.75 Å². The van der Waals surface area contributed by atoms with E-state index in [1.165, 1.54) is 46.8 Å². The molecule has 1 amide bonds. The Hall–Kier alpha value is -3.35. The van der Waals surface area contributed by atoms with Crippen molar-refractivity contribution in [3.8, 4) is 5.75 Å². The van der Waals surface area contributed by atoms with Crippen molar-refractivity contribution in [2.24, 2.45) is 0 Å². The number of rotatable bonds is 6. The molecule has 1 aromatic heterocycles.